The molecular formula is C26H25N5O3. The van der Waals surface area contributed by atoms with Gasteiger partial charge in [-0.05, 0) is 49.4 Å². The molecule has 4 aromatic rings. The van der Waals surface area contributed by atoms with E-state index in [1.807, 2.05) is 49.4 Å². The molecule has 0 radical (unpaired) electrons. The first-order chi connectivity index (χ1) is 16.5. The van der Waals surface area contributed by atoms with Crippen LogP contribution in [-0.2, 0) is 6.42 Å². The largest absolute Gasteiger partial charge is 0.444 e. The fourth-order valence-electron chi connectivity index (χ4n) is 3.22. The van der Waals surface area contributed by atoms with Gasteiger partial charge in [0.1, 0.15) is 6.26 Å². The van der Waals surface area contributed by atoms with Gasteiger partial charge in [-0.15, -0.1) is 0 Å². The van der Waals surface area contributed by atoms with Crippen LogP contribution in [0, 0.1) is 6.92 Å². The lowest BCUT2D eigenvalue weighted by Gasteiger charge is -2.10. The summed E-state index contributed by atoms with van der Waals surface area (Å²) in [5.41, 5.74) is 4.63. The van der Waals surface area contributed by atoms with Gasteiger partial charge < -0.3 is 25.7 Å². The Morgan fingerprint density at radius 1 is 0.794 bits per heavy atom. The van der Waals surface area contributed by atoms with E-state index in [0.29, 0.717) is 35.9 Å². The summed E-state index contributed by atoms with van der Waals surface area (Å²) in [6.45, 7) is 2.42. The van der Waals surface area contributed by atoms with Crippen molar-refractivity contribution in [1.29, 1.82) is 0 Å². The second kappa shape index (κ2) is 10.8. The molecular weight excluding hydrogens is 430 g/mol. The number of rotatable bonds is 7. The van der Waals surface area contributed by atoms with E-state index in [1.54, 1.807) is 42.7 Å². The summed E-state index contributed by atoms with van der Waals surface area (Å²) < 4.78 is 5.55. The van der Waals surface area contributed by atoms with Crippen molar-refractivity contribution < 1.29 is 14.0 Å². The minimum Gasteiger partial charge on any atom is -0.444 e. The molecule has 4 N–H and O–H groups in total. The maximum absolute atomic E-state index is 12.3. The number of oxazole rings is 1. The Kier molecular flexibility index (Phi) is 7.19. The lowest BCUT2D eigenvalue weighted by atomic mass is 10.1. The molecule has 34 heavy (non-hydrogen) atoms. The molecule has 0 aliphatic carbocycles. The minimum atomic E-state index is -0.370. The van der Waals surface area contributed by atoms with Crippen molar-refractivity contribution in [3.63, 3.8) is 0 Å². The summed E-state index contributed by atoms with van der Waals surface area (Å²) in [7, 11) is 0. The number of para-hydroxylation sites is 1. The van der Waals surface area contributed by atoms with Gasteiger partial charge in [-0.2, -0.15) is 0 Å². The van der Waals surface area contributed by atoms with Gasteiger partial charge in [0, 0.05) is 35.6 Å². The van der Waals surface area contributed by atoms with Crippen molar-refractivity contribution in [2.24, 2.45) is 0 Å². The predicted molar refractivity (Wildman–Crippen MR) is 133 cm³/mol. The van der Waals surface area contributed by atoms with Gasteiger partial charge in [-0.3, -0.25) is 0 Å². The highest BCUT2D eigenvalue weighted by Crippen LogP contribution is 2.19. The van der Waals surface area contributed by atoms with Gasteiger partial charge in [0.25, 0.3) is 0 Å². The van der Waals surface area contributed by atoms with Crippen LogP contribution in [0.15, 0.2) is 89.5 Å². The van der Waals surface area contributed by atoms with E-state index in [4.69, 9.17) is 4.42 Å². The van der Waals surface area contributed by atoms with Crippen molar-refractivity contribution in [2.75, 3.05) is 22.5 Å². The Morgan fingerprint density at radius 3 is 2.18 bits per heavy atom. The number of hydrogen-bond acceptors (Lipinski definition) is 4. The first-order valence-electron chi connectivity index (χ1n) is 10.8. The molecule has 4 amide bonds. The molecule has 4 rings (SSSR count). The van der Waals surface area contributed by atoms with E-state index >= 15 is 0 Å². The van der Waals surface area contributed by atoms with Crippen LogP contribution in [0.2, 0.25) is 0 Å². The van der Waals surface area contributed by atoms with Crippen molar-refractivity contribution in [1.82, 2.24) is 10.3 Å². The Hall–Kier alpha value is -4.59. The number of hydrogen-bond donors (Lipinski definition) is 4. The highest BCUT2D eigenvalue weighted by molar-refractivity contribution is 6.00. The monoisotopic (exact) mass is 455 g/mol. The predicted octanol–water partition coefficient (Wildman–Crippen LogP) is 5.66. The van der Waals surface area contributed by atoms with Gasteiger partial charge >= 0.3 is 12.1 Å². The zero-order valence-electron chi connectivity index (χ0n) is 18.7. The van der Waals surface area contributed by atoms with Crippen LogP contribution in [0.4, 0.5) is 26.7 Å². The second-order valence-electron chi connectivity index (χ2n) is 7.67. The van der Waals surface area contributed by atoms with Gasteiger partial charge in [0.05, 0.1) is 5.69 Å². The molecule has 8 nitrogen and oxygen atoms in total. The number of benzene rings is 3. The van der Waals surface area contributed by atoms with Crippen LogP contribution in [-0.4, -0.2) is 23.6 Å². The van der Waals surface area contributed by atoms with E-state index < -0.39 is 0 Å². The fraction of sp³-hybridized carbons (Fsp3) is 0.115. The average Bonchev–Trinajstić information content (AvgIpc) is 3.29. The van der Waals surface area contributed by atoms with E-state index in [9.17, 15) is 9.59 Å². The number of nitrogens with one attached hydrogen (secondary N) is 4. The number of aromatic nitrogens is 1. The number of anilines is 3. The van der Waals surface area contributed by atoms with Crippen LogP contribution in [0.5, 0.6) is 0 Å². The third kappa shape index (κ3) is 6.46. The molecule has 0 spiro atoms. The van der Waals surface area contributed by atoms with Crippen molar-refractivity contribution in [3.05, 3.63) is 96.4 Å². The molecule has 0 aliphatic heterocycles. The molecule has 0 aliphatic rings. The topological polar surface area (TPSA) is 108 Å². The normalized spacial score (nSPS) is 10.4. The lowest BCUT2D eigenvalue weighted by molar-refractivity contribution is 0.252. The number of carbonyl (C=O) groups excluding carboxylic acids is 2. The molecule has 0 saturated heterocycles. The van der Waals surface area contributed by atoms with E-state index in [2.05, 4.69) is 26.3 Å². The molecule has 172 valence electrons. The Morgan fingerprint density at radius 2 is 1.44 bits per heavy atom. The molecule has 3 aromatic carbocycles. The summed E-state index contributed by atoms with van der Waals surface area (Å²) in [6.07, 6.45) is 2.13. The van der Waals surface area contributed by atoms with Crippen molar-refractivity contribution in [3.8, 4) is 11.5 Å². The van der Waals surface area contributed by atoms with Gasteiger partial charge in [0.15, 0.2) is 0 Å². The Balaban J connectivity index is 1.23. The zero-order valence-corrected chi connectivity index (χ0v) is 18.7. The summed E-state index contributed by atoms with van der Waals surface area (Å²) in [4.78, 5) is 28.9. The van der Waals surface area contributed by atoms with Crippen LogP contribution >= 0.6 is 0 Å². The number of nitrogens with zero attached hydrogens (tertiary/aromatic N) is 1. The lowest BCUT2D eigenvalue weighted by Crippen LogP contribution is -2.30. The Labute approximate surface area is 197 Å². The maximum Gasteiger partial charge on any atom is 0.323 e. The molecule has 0 atom stereocenters. The SMILES string of the molecule is Cc1ccc(-c2nc(CCNC(=O)Nc3cccc(NC(=O)Nc4ccccc4)c3)co2)cc1. The fourth-order valence-corrected chi connectivity index (χ4v) is 3.22. The van der Waals surface area contributed by atoms with Gasteiger partial charge in [-0.1, -0.05) is 42.0 Å². The molecule has 1 aromatic heterocycles. The highest BCUT2D eigenvalue weighted by atomic mass is 16.3. The standard InChI is InChI=1S/C26H25N5O3/c1-18-10-12-19(13-11-18)24-28-23(17-34-24)14-15-27-25(32)30-21-8-5-9-22(16-21)31-26(33)29-20-6-3-2-4-7-20/h2-13,16-17H,14-15H2,1H3,(H2,27,30,32)(H2,29,31,33). The quantitative estimate of drug-likeness (QED) is 0.288. The first-order valence-corrected chi connectivity index (χ1v) is 10.8. The molecule has 0 unspecified atom stereocenters. The minimum absolute atomic E-state index is 0.354. The number of amides is 4. The number of carbonyl (C=O) groups is 2. The van der Waals surface area contributed by atoms with E-state index in [0.717, 1.165) is 11.3 Å². The average molecular weight is 456 g/mol. The first kappa shape index (κ1) is 22.6. The third-order valence-corrected chi connectivity index (χ3v) is 4.93. The molecule has 0 saturated carbocycles. The number of urea groups is 2. The van der Waals surface area contributed by atoms with E-state index in [-0.39, 0.29) is 12.1 Å². The van der Waals surface area contributed by atoms with Crippen LogP contribution in [0.1, 0.15) is 11.3 Å². The molecule has 1 heterocycles. The zero-order chi connectivity index (χ0) is 23.8. The van der Waals surface area contributed by atoms with Crippen molar-refractivity contribution >= 4 is 29.1 Å². The Bertz CT molecular complexity index is 1250. The van der Waals surface area contributed by atoms with Crippen LogP contribution in [0.3, 0.4) is 0 Å². The van der Waals surface area contributed by atoms with Gasteiger partial charge in [0.2, 0.25) is 5.89 Å². The smallest absolute Gasteiger partial charge is 0.323 e. The van der Waals surface area contributed by atoms with Crippen LogP contribution in [0.25, 0.3) is 11.5 Å². The summed E-state index contributed by atoms with van der Waals surface area (Å²) in [5.74, 6) is 0.556. The second-order valence-corrected chi connectivity index (χ2v) is 7.67. The van der Waals surface area contributed by atoms with E-state index in [1.165, 1.54) is 5.56 Å². The maximum atomic E-state index is 12.3. The summed E-state index contributed by atoms with van der Waals surface area (Å²) in [5, 5.41) is 11.1. The molecule has 8 heteroatoms. The molecule has 0 fully saturated rings. The number of aryl methyl sites for hydroxylation is 1. The summed E-state index contributed by atoms with van der Waals surface area (Å²) >= 11 is 0. The van der Waals surface area contributed by atoms with Gasteiger partial charge in [-0.25, -0.2) is 14.6 Å². The van der Waals surface area contributed by atoms with Crippen LogP contribution < -0.4 is 21.3 Å². The third-order valence-electron chi connectivity index (χ3n) is 4.93. The highest BCUT2D eigenvalue weighted by Gasteiger charge is 2.08. The summed E-state index contributed by atoms with van der Waals surface area (Å²) in [6, 6.07) is 23.3. The van der Waals surface area contributed by atoms with Crippen molar-refractivity contribution in [2.45, 2.75) is 13.3 Å². The molecule has 0 bridgehead atoms.